The number of para-hydroxylation sites is 1. The molecular formula is C35H30N2O5S. The molecule has 8 heteroatoms. The number of amides is 1. The van der Waals surface area contributed by atoms with Crippen molar-refractivity contribution in [3.63, 3.8) is 0 Å². The van der Waals surface area contributed by atoms with Gasteiger partial charge >= 0.3 is 12.1 Å². The molecule has 5 aromatic rings. The van der Waals surface area contributed by atoms with Crippen LogP contribution >= 0.6 is 11.8 Å². The molecule has 43 heavy (non-hydrogen) atoms. The summed E-state index contributed by atoms with van der Waals surface area (Å²) in [6, 6.07) is 30.5. The van der Waals surface area contributed by atoms with Gasteiger partial charge in [-0.2, -0.15) is 0 Å². The lowest BCUT2D eigenvalue weighted by Crippen LogP contribution is -2.43. The number of Topliss-reactive ketones (excluding diaryl/α,β-unsaturated/α-hetero) is 1. The van der Waals surface area contributed by atoms with Gasteiger partial charge in [-0.15, -0.1) is 0 Å². The fraction of sp³-hybridized carbons (Fsp3) is 0.171. The molecule has 216 valence electrons. The second-order valence-corrected chi connectivity index (χ2v) is 11.5. The third kappa shape index (κ3) is 5.79. The Morgan fingerprint density at radius 3 is 2.14 bits per heavy atom. The van der Waals surface area contributed by atoms with Crippen molar-refractivity contribution in [2.24, 2.45) is 0 Å². The lowest BCUT2D eigenvalue weighted by molar-refractivity contribution is -0.143. The Labute approximate surface area is 253 Å². The Morgan fingerprint density at radius 2 is 1.49 bits per heavy atom. The van der Waals surface area contributed by atoms with Crippen LogP contribution in [0.2, 0.25) is 0 Å². The van der Waals surface area contributed by atoms with Gasteiger partial charge < -0.3 is 19.8 Å². The molecule has 1 aromatic heterocycles. The van der Waals surface area contributed by atoms with E-state index in [2.05, 4.69) is 34.6 Å². The van der Waals surface area contributed by atoms with E-state index >= 15 is 0 Å². The minimum atomic E-state index is -0.973. The molecule has 7 nitrogen and oxygen atoms in total. The molecule has 0 bridgehead atoms. The fourth-order valence-electron chi connectivity index (χ4n) is 5.66. The maximum absolute atomic E-state index is 13.1. The highest BCUT2D eigenvalue weighted by molar-refractivity contribution is 7.99. The van der Waals surface area contributed by atoms with Crippen molar-refractivity contribution in [3.05, 3.63) is 119 Å². The summed E-state index contributed by atoms with van der Waals surface area (Å²) in [5, 5.41) is 4.53. The Hall–Kier alpha value is -4.82. The van der Waals surface area contributed by atoms with Crippen LogP contribution in [-0.4, -0.2) is 42.6 Å². The smallest absolute Gasteiger partial charge is 0.407 e. The summed E-state index contributed by atoms with van der Waals surface area (Å²) in [5.41, 5.74) is 6.91. The lowest BCUT2D eigenvalue weighted by atomic mass is 9.98. The number of rotatable bonds is 9. The Bertz CT molecular complexity index is 1780. The van der Waals surface area contributed by atoms with E-state index in [1.54, 1.807) is 12.1 Å². The van der Waals surface area contributed by atoms with Crippen LogP contribution in [0.1, 0.15) is 39.9 Å². The van der Waals surface area contributed by atoms with Crippen LogP contribution in [0.15, 0.2) is 107 Å². The number of methoxy groups -OCH3 is 1. The topological polar surface area (TPSA) is 97.5 Å². The van der Waals surface area contributed by atoms with Gasteiger partial charge in [0.2, 0.25) is 0 Å². The van der Waals surface area contributed by atoms with Crippen LogP contribution in [0, 0.1) is 0 Å². The number of ketones is 1. The zero-order chi connectivity index (χ0) is 29.9. The number of esters is 1. The van der Waals surface area contributed by atoms with Gasteiger partial charge in [0.05, 0.1) is 12.1 Å². The second kappa shape index (κ2) is 12.2. The number of carbonyl (C=O) groups is 3. The minimum absolute atomic E-state index is 0.00285. The molecule has 2 N–H and O–H groups in total. The van der Waals surface area contributed by atoms with Crippen molar-refractivity contribution >= 4 is 40.5 Å². The van der Waals surface area contributed by atoms with Crippen molar-refractivity contribution in [2.75, 3.05) is 13.7 Å². The maximum atomic E-state index is 13.1. The number of fused-ring (bicyclic) bond motifs is 4. The molecule has 0 spiro atoms. The lowest BCUT2D eigenvalue weighted by Gasteiger charge is -2.19. The number of ether oxygens (including phenoxy) is 2. The van der Waals surface area contributed by atoms with E-state index in [4.69, 9.17) is 9.47 Å². The largest absolute Gasteiger partial charge is 0.467 e. The van der Waals surface area contributed by atoms with Crippen LogP contribution in [0.4, 0.5) is 4.79 Å². The quantitative estimate of drug-likeness (QED) is 0.140. The normalized spacial score (nSPS) is 12.8. The van der Waals surface area contributed by atoms with Crippen molar-refractivity contribution in [2.45, 2.75) is 35.2 Å². The number of H-pyrrole nitrogens is 1. The van der Waals surface area contributed by atoms with Crippen LogP contribution in [0.25, 0.3) is 22.0 Å². The number of alkyl carbamates (subject to hydrolysis) is 1. The fourth-order valence-corrected chi connectivity index (χ4v) is 6.65. The molecule has 1 atom stereocenters. The summed E-state index contributed by atoms with van der Waals surface area (Å²) < 4.78 is 10.8. The van der Waals surface area contributed by atoms with E-state index in [1.807, 2.05) is 60.7 Å². The van der Waals surface area contributed by atoms with E-state index < -0.39 is 18.1 Å². The Morgan fingerprint density at radius 1 is 0.860 bits per heavy atom. The molecule has 4 aromatic carbocycles. The van der Waals surface area contributed by atoms with Crippen molar-refractivity contribution in [3.8, 4) is 11.1 Å². The van der Waals surface area contributed by atoms with Crippen molar-refractivity contribution in [1.82, 2.24) is 10.3 Å². The number of nitrogens with one attached hydrogen (secondary N) is 2. The van der Waals surface area contributed by atoms with E-state index in [0.29, 0.717) is 5.56 Å². The molecule has 1 heterocycles. The van der Waals surface area contributed by atoms with Gasteiger partial charge in [0.15, 0.2) is 5.78 Å². The van der Waals surface area contributed by atoms with Gasteiger partial charge in [-0.3, -0.25) is 4.79 Å². The standard InChI is InChI=1S/C35H30N2O5S/c1-21(38)22-15-17-23(18-16-22)43-33-29(28-13-7-8-14-31(28)36-33)19-32(34(39)41-2)37-35(40)42-20-30-26-11-5-3-9-24(26)25-10-4-6-12-27(25)30/h3-18,30,32,36H,19-20H2,1-2H3,(H,37,40)/t32-/m0/s1. The summed E-state index contributed by atoms with van der Waals surface area (Å²) in [6.07, 6.45) is -0.500. The van der Waals surface area contributed by atoms with Gasteiger partial charge in [-0.05, 0) is 52.9 Å². The van der Waals surface area contributed by atoms with Gasteiger partial charge in [0.1, 0.15) is 12.6 Å². The second-order valence-electron chi connectivity index (χ2n) is 10.4. The number of aromatic amines is 1. The monoisotopic (exact) mass is 590 g/mol. The Kier molecular flexibility index (Phi) is 8.03. The summed E-state index contributed by atoms with van der Waals surface area (Å²) in [4.78, 5) is 42.1. The zero-order valence-electron chi connectivity index (χ0n) is 23.8. The molecular weight excluding hydrogens is 560 g/mol. The first-order chi connectivity index (χ1) is 20.9. The molecule has 0 fully saturated rings. The first-order valence-corrected chi connectivity index (χ1v) is 14.8. The highest BCUT2D eigenvalue weighted by Crippen LogP contribution is 2.44. The van der Waals surface area contributed by atoms with Gasteiger partial charge in [-0.1, -0.05) is 90.6 Å². The first-order valence-electron chi connectivity index (χ1n) is 14.0. The molecule has 6 rings (SSSR count). The highest BCUT2D eigenvalue weighted by Gasteiger charge is 2.30. The zero-order valence-corrected chi connectivity index (χ0v) is 24.6. The van der Waals surface area contributed by atoms with E-state index in [0.717, 1.165) is 48.6 Å². The number of carbonyl (C=O) groups excluding carboxylic acids is 3. The number of hydrogen-bond donors (Lipinski definition) is 2. The van der Waals surface area contributed by atoms with Crippen molar-refractivity contribution < 1.29 is 23.9 Å². The maximum Gasteiger partial charge on any atom is 0.407 e. The van der Waals surface area contributed by atoms with E-state index in [1.165, 1.54) is 25.8 Å². The highest BCUT2D eigenvalue weighted by atomic mass is 32.2. The van der Waals surface area contributed by atoms with Crippen LogP contribution in [-0.2, 0) is 20.7 Å². The average Bonchev–Trinajstić information content (AvgIpc) is 3.54. The summed E-state index contributed by atoms with van der Waals surface area (Å²) in [5.74, 6) is -0.663. The van der Waals surface area contributed by atoms with Crippen LogP contribution in [0.3, 0.4) is 0 Å². The SMILES string of the molecule is COC(=O)[C@H](Cc1c(Sc2ccc(C(C)=O)cc2)[nH]c2ccccc12)NC(=O)OCC1c2ccccc2-c2ccccc21. The molecule has 0 unspecified atom stereocenters. The van der Waals surface area contributed by atoms with Crippen LogP contribution in [0.5, 0.6) is 0 Å². The molecule has 0 saturated heterocycles. The number of aromatic nitrogens is 1. The van der Waals surface area contributed by atoms with E-state index in [-0.39, 0.29) is 24.7 Å². The third-order valence-electron chi connectivity index (χ3n) is 7.78. The molecule has 0 radical (unpaired) electrons. The number of benzene rings is 4. The summed E-state index contributed by atoms with van der Waals surface area (Å²) in [6.45, 7) is 1.67. The number of hydrogen-bond acceptors (Lipinski definition) is 6. The molecule has 0 saturated carbocycles. The molecule has 1 aliphatic carbocycles. The predicted molar refractivity (Wildman–Crippen MR) is 167 cm³/mol. The van der Waals surface area contributed by atoms with Crippen molar-refractivity contribution in [1.29, 1.82) is 0 Å². The van der Waals surface area contributed by atoms with Gasteiger partial charge in [0, 0.05) is 33.7 Å². The van der Waals surface area contributed by atoms with Gasteiger partial charge in [0.25, 0.3) is 0 Å². The molecule has 0 aliphatic heterocycles. The first kappa shape index (κ1) is 28.3. The summed E-state index contributed by atoms with van der Waals surface area (Å²) in [7, 11) is 1.30. The minimum Gasteiger partial charge on any atom is -0.467 e. The van der Waals surface area contributed by atoms with Gasteiger partial charge in [-0.25, -0.2) is 9.59 Å². The van der Waals surface area contributed by atoms with Crippen LogP contribution < -0.4 is 5.32 Å². The predicted octanol–water partition coefficient (Wildman–Crippen LogP) is 7.14. The summed E-state index contributed by atoms with van der Waals surface area (Å²) >= 11 is 1.49. The molecule has 1 amide bonds. The Balaban J connectivity index is 1.21. The third-order valence-corrected chi connectivity index (χ3v) is 8.85. The molecule has 1 aliphatic rings. The van der Waals surface area contributed by atoms with E-state index in [9.17, 15) is 14.4 Å². The average molecular weight is 591 g/mol.